The maximum Gasteiger partial charge on any atom is 0.317 e. The van der Waals surface area contributed by atoms with Crippen LogP contribution in [0.25, 0.3) is 0 Å². The molecule has 0 bridgehead atoms. The van der Waals surface area contributed by atoms with E-state index >= 15 is 0 Å². The van der Waals surface area contributed by atoms with Crippen molar-refractivity contribution in [3.05, 3.63) is 0 Å². The van der Waals surface area contributed by atoms with E-state index in [0.29, 0.717) is 26.2 Å². The van der Waals surface area contributed by atoms with Crippen LogP contribution in [0.5, 0.6) is 0 Å². The van der Waals surface area contributed by atoms with E-state index in [1.807, 2.05) is 4.90 Å². The highest BCUT2D eigenvalue weighted by Gasteiger charge is 2.40. The zero-order valence-corrected chi connectivity index (χ0v) is 13.0. The van der Waals surface area contributed by atoms with Crippen molar-refractivity contribution >= 4 is 11.9 Å². The van der Waals surface area contributed by atoms with Gasteiger partial charge in [0.1, 0.15) is 0 Å². The minimum Gasteiger partial charge on any atom is -0.480 e. The summed E-state index contributed by atoms with van der Waals surface area (Å²) in [6.45, 7) is 4.35. The predicted molar refractivity (Wildman–Crippen MR) is 78.0 cm³/mol. The molecule has 120 valence electrons. The van der Waals surface area contributed by atoms with E-state index in [9.17, 15) is 9.59 Å². The molecule has 1 heterocycles. The molecule has 21 heavy (non-hydrogen) atoms. The quantitative estimate of drug-likeness (QED) is 0.813. The van der Waals surface area contributed by atoms with Crippen molar-refractivity contribution < 1.29 is 19.4 Å². The van der Waals surface area contributed by atoms with Crippen LogP contribution in [-0.4, -0.2) is 72.7 Å². The number of carboxylic acid groups (broad SMARTS) is 1. The maximum atomic E-state index is 12.7. The Kier molecular flexibility index (Phi) is 5.22. The first-order valence-corrected chi connectivity index (χ1v) is 7.72. The zero-order chi connectivity index (χ0) is 15.5. The maximum absolute atomic E-state index is 12.7. The number of carbonyl (C=O) groups is 2. The van der Waals surface area contributed by atoms with Crippen LogP contribution in [0.2, 0.25) is 0 Å². The van der Waals surface area contributed by atoms with Gasteiger partial charge in [-0.1, -0.05) is 19.8 Å². The molecule has 1 unspecified atom stereocenters. The Morgan fingerprint density at radius 2 is 2.05 bits per heavy atom. The molecule has 1 saturated carbocycles. The number of carbonyl (C=O) groups excluding carboxylic acids is 1. The van der Waals surface area contributed by atoms with Gasteiger partial charge in [-0.3, -0.25) is 14.5 Å². The van der Waals surface area contributed by atoms with Gasteiger partial charge in [-0.2, -0.15) is 0 Å². The molecule has 2 rings (SSSR count). The van der Waals surface area contributed by atoms with Crippen LogP contribution in [0.4, 0.5) is 0 Å². The van der Waals surface area contributed by atoms with E-state index in [2.05, 4.69) is 6.92 Å². The van der Waals surface area contributed by atoms with Crippen LogP contribution >= 0.6 is 0 Å². The molecule has 0 aromatic heterocycles. The molecule has 6 heteroatoms. The summed E-state index contributed by atoms with van der Waals surface area (Å²) in [6, 6.07) is 0. The Balaban J connectivity index is 1.88. The predicted octanol–water partition coefficient (Wildman–Crippen LogP) is 0.811. The largest absolute Gasteiger partial charge is 0.480 e. The second-order valence-electron chi connectivity index (χ2n) is 6.60. The van der Waals surface area contributed by atoms with Crippen molar-refractivity contribution in [2.24, 2.45) is 5.41 Å². The lowest BCUT2D eigenvalue weighted by molar-refractivity contribution is -0.150. The molecule has 2 aliphatic rings. The van der Waals surface area contributed by atoms with Gasteiger partial charge >= 0.3 is 5.97 Å². The van der Waals surface area contributed by atoms with E-state index in [1.165, 1.54) is 0 Å². The van der Waals surface area contributed by atoms with Gasteiger partial charge in [-0.25, -0.2) is 0 Å². The lowest BCUT2D eigenvalue weighted by Gasteiger charge is -2.38. The fourth-order valence-electron chi connectivity index (χ4n) is 3.41. The minimum atomic E-state index is -0.847. The van der Waals surface area contributed by atoms with Gasteiger partial charge in [-0.15, -0.1) is 0 Å². The first-order chi connectivity index (χ1) is 9.90. The van der Waals surface area contributed by atoms with Crippen LogP contribution in [0.3, 0.4) is 0 Å². The Morgan fingerprint density at radius 3 is 2.67 bits per heavy atom. The van der Waals surface area contributed by atoms with Gasteiger partial charge in [0.05, 0.1) is 19.3 Å². The summed E-state index contributed by atoms with van der Waals surface area (Å²) in [5.41, 5.74) is -0.200. The number of carboxylic acids is 1. The lowest BCUT2D eigenvalue weighted by atomic mass is 9.87. The fraction of sp³-hybridized carbons (Fsp3) is 0.867. The zero-order valence-electron chi connectivity index (χ0n) is 13.0. The van der Waals surface area contributed by atoms with Crippen LogP contribution in [0, 0.1) is 5.41 Å². The highest BCUT2D eigenvalue weighted by Crippen LogP contribution is 2.39. The molecular formula is C15H26N2O4. The molecule has 0 aromatic carbocycles. The van der Waals surface area contributed by atoms with Gasteiger partial charge in [0, 0.05) is 25.0 Å². The topological polar surface area (TPSA) is 70.1 Å². The molecule has 0 aromatic rings. The van der Waals surface area contributed by atoms with Crippen molar-refractivity contribution in [1.29, 1.82) is 0 Å². The third-order valence-corrected chi connectivity index (χ3v) is 4.57. The third kappa shape index (κ3) is 4.17. The monoisotopic (exact) mass is 298 g/mol. The summed E-state index contributed by atoms with van der Waals surface area (Å²) < 4.78 is 5.68. The second kappa shape index (κ2) is 6.75. The molecule has 1 atom stereocenters. The second-order valence-corrected chi connectivity index (χ2v) is 6.60. The van der Waals surface area contributed by atoms with Gasteiger partial charge in [0.15, 0.2) is 0 Å². The van der Waals surface area contributed by atoms with Crippen LogP contribution in [0.15, 0.2) is 0 Å². The molecule has 6 nitrogen and oxygen atoms in total. The van der Waals surface area contributed by atoms with E-state index in [-0.39, 0.29) is 24.0 Å². The van der Waals surface area contributed by atoms with Crippen molar-refractivity contribution in [3.8, 4) is 0 Å². The first-order valence-electron chi connectivity index (χ1n) is 7.72. The minimum absolute atomic E-state index is 0.00841. The summed E-state index contributed by atoms with van der Waals surface area (Å²) >= 11 is 0. The Bertz CT molecular complexity index is 393. The molecule has 1 saturated heterocycles. The van der Waals surface area contributed by atoms with Crippen molar-refractivity contribution in [1.82, 2.24) is 9.80 Å². The standard InChI is InChI=1S/C15H26N2O4/c1-15(5-3-4-6-15)14(20)17-7-8-21-12(10-17)9-16(2)11-13(18)19/h12H,3-11H2,1-2H3,(H,18,19). The van der Waals surface area contributed by atoms with Gasteiger partial charge in [0.25, 0.3) is 0 Å². The normalized spacial score (nSPS) is 25.3. The van der Waals surface area contributed by atoms with E-state index in [0.717, 1.165) is 25.7 Å². The number of ether oxygens (including phenoxy) is 1. The average molecular weight is 298 g/mol. The molecule has 1 N–H and O–H groups in total. The summed E-state index contributed by atoms with van der Waals surface area (Å²) in [7, 11) is 1.76. The van der Waals surface area contributed by atoms with Crippen molar-refractivity contribution in [2.45, 2.75) is 38.7 Å². The summed E-state index contributed by atoms with van der Waals surface area (Å²) in [5, 5.41) is 8.78. The first kappa shape index (κ1) is 16.2. The Labute approximate surface area is 126 Å². The summed E-state index contributed by atoms with van der Waals surface area (Å²) in [4.78, 5) is 27.0. The van der Waals surface area contributed by atoms with Crippen LogP contribution in [-0.2, 0) is 14.3 Å². The lowest BCUT2D eigenvalue weighted by Crippen LogP contribution is -2.52. The number of nitrogens with zero attached hydrogens (tertiary/aromatic N) is 2. The average Bonchev–Trinajstić information content (AvgIpc) is 2.85. The summed E-state index contributed by atoms with van der Waals surface area (Å²) in [6.07, 6.45) is 4.13. The van der Waals surface area contributed by atoms with E-state index in [1.54, 1.807) is 11.9 Å². The number of morpholine rings is 1. The third-order valence-electron chi connectivity index (χ3n) is 4.57. The number of hydrogen-bond acceptors (Lipinski definition) is 4. The Hall–Kier alpha value is -1.14. The molecule has 0 spiro atoms. The molecule has 1 aliphatic carbocycles. The van der Waals surface area contributed by atoms with Crippen LogP contribution in [0.1, 0.15) is 32.6 Å². The van der Waals surface area contributed by atoms with Gasteiger partial charge < -0.3 is 14.7 Å². The molecule has 2 fully saturated rings. The summed E-state index contributed by atoms with van der Waals surface area (Å²) in [5.74, 6) is -0.603. The van der Waals surface area contributed by atoms with Crippen molar-refractivity contribution in [2.75, 3.05) is 39.8 Å². The highest BCUT2D eigenvalue weighted by atomic mass is 16.5. The van der Waals surface area contributed by atoms with Crippen LogP contribution < -0.4 is 0 Å². The number of aliphatic carboxylic acids is 1. The smallest absolute Gasteiger partial charge is 0.317 e. The fourth-order valence-corrected chi connectivity index (χ4v) is 3.41. The number of amides is 1. The van der Waals surface area contributed by atoms with Gasteiger partial charge in [-0.05, 0) is 19.9 Å². The number of likely N-dealkylation sites (N-methyl/N-ethyl adjacent to an activating group) is 1. The molecule has 1 amide bonds. The Morgan fingerprint density at radius 1 is 1.38 bits per heavy atom. The SMILES string of the molecule is CN(CC(=O)O)CC1CN(C(=O)C2(C)CCCC2)CCO1. The molecular weight excluding hydrogens is 272 g/mol. The van der Waals surface area contributed by atoms with Gasteiger partial charge in [0.2, 0.25) is 5.91 Å². The molecule has 0 radical (unpaired) electrons. The number of hydrogen-bond donors (Lipinski definition) is 1. The number of rotatable bonds is 5. The van der Waals surface area contributed by atoms with Crippen molar-refractivity contribution in [3.63, 3.8) is 0 Å². The van der Waals surface area contributed by atoms with E-state index in [4.69, 9.17) is 9.84 Å². The highest BCUT2D eigenvalue weighted by molar-refractivity contribution is 5.82. The molecule has 1 aliphatic heterocycles. The van der Waals surface area contributed by atoms with E-state index < -0.39 is 5.97 Å².